The molecule has 1 aromatic carbocycles. The Kier molecular flexibility index (Phi) is 6.26. The van der Waals surface area contributed by atoms with Crippen molar-refractivity contribution in [2.24, 2.45) is 0 Å². The number of carbonyl (C=O) groups is 1. The number of thioether (sulfide) groups is 1. The van der Waals surface area contributed by atoms with Gasteiger partial charge in [-0.25, -0.2) is 4.68 Å². The fourth-order valence-corrected chi connectivity index (χ4v) is 3.88. The second-order valence-electron chi connectivity index (χ2n) is 6.80. The molecule has 0 bridgehead atoms. The molecular formula is C19H21ClN6O3S. The molecule has 9 nitrogen and oxygen atoms in total. The average molecular weight is 449 g/mol. The molecule has 4 rings (SSSR count). The Labute approximate surface area is 182 Å². The predicted octanol–water partition coefficient (Wildman–Crippen LogP) is 2.85. The van der Waals surface area contributed by atoms with Crippen molar-refractivity contribution in [2.45, 2.75) is 30.5 Å². The van der Waals surface area contributed by atoms with Crippen LogP contribution in [0.15, 0.2) is 33.8 Å². The maximum absolute atomic E-state index is 12.3. The standard InChI is InChI=1S/C19H21ClN6O3S/c1-30-19-15(18-23-17(25-29-18)11-4-6-12(20)7-5-11)16(21)26(24-19)10-14(27)22-9-13-3-2-8-28-13/h4-7,13H,2-3,8-10,21H2,1H3,(H,22,27). The fourth-order valence-electron chi connectivity index (χ4n) is 3.18. The van der Waals surface area contributed by atoms with Gasteiger partial charge < -0.3 is 20.3 Å². The van der Waals surface area contributed by atoms with Gasteiger partial charge >= 0.3 is 0 Å². The number of amides is 1. The molecule has 0 radical (unpaired) electrons. The Hall–Kier alpha value is -2.56. The molecule has 3 heterocycles. The van der Waals surface area contributed by atoms with Crippen molar-refractivity contribution in [3.05, 3.63) is 29.3 Å². The summed E-state index contributed by atoms with van der Waals surface area (Å²) in [4.78, 5) is 16.8. The van der Waals surface area contributed by atoms with Gasteiger partial charge in [-0.2, -0.15) is 10.1 Å². The lowest BCUT2D eigenvalue weighted by Crippen LogP contribution is -2.34. The van der Waals surface area contributed by atoms with Crippen LogP contribution in [0.3, 0.4) is 0 Å². The molecular weight excluding hydrogens is 428 g/mol. The van der Waals surface area contributed by atoms with E-state index in [4.69, 9.17) is 26.6 Å². The third-order valence-electron chi connectivity index (χ3n) is 4.74. The molecule has 1 amide bonds. The smallest absolute Gasteiger partial charge is 0.264 e. The van der Waals surface area contributed by atoms with E-state index >= 15 is 0 Å². The molecule has 1 fully saturated rings. The first-order chi connectivity index (χ1) is 14.5. The van der Waals surface area contributed by atoms with Crippen LogP contribution in [-0.4, -0.2) is 51.3 Å². The third-order valence-corrected chi connectivity index (χ3v) is 5.66. The summed E-state index contributed by atoms with van der Waals surface area (Å²) in [5.74, 6) is 0.757. The summed E-state index contributed by atoms with van der Waals surface area (Å²) < 4.78 is 12.4. The summed E-state index contributed by atoms with van der Waals surface area (Å²) in [7, 11) is 0. The molecule has 30 heavy (non-hydrogen) atoms. The van der Waals surface area contributed by atoms with Gasteiger partial charge in [0.05, 0.1) is 6.10 Å². The SMILES string of the molecule is CSc1nn(CC(=O)NCC2CCCO2)c(N)c1-c1nc(-c2ccc(Cl)cc2)no1. The molecule has 1 saturated heterocycles. The first kappa shape index (κ1) is 20.7. The van der Waals surface area contributed by atoms with E-state index in [-0.39, 0.29) is 30.3 Å². The molecule has 0 spiro atoms. The molecule has 1 unspecified atom stereocenters. The Morgan fingerprint density at radius 3 is 2.90 bits per heavy atom. The predicted molar refractivity (Wildman–Crippen MR) is 114 cm³/mol. The number of nitrogens with zero attached hydrogens (tertiary/aromatic N) is 4. The second-order valence-corrected chi connectivity index (χ2v) is 8.03. The van der Waals surface area contributed by atoms with Gasteiger partial charge in [-0.05, 0) is 43.4 Å². The first-order valence-electron chi connectivity index (χ1n) is 9.43. The van der Waals surface area contributed by atoms with Crippen LogP contribution >= 0.6 is 23.4 Å². The second kappa shape index (κ2) is 9.07. The van der Waals surface area contributed by atoms with Crippen molar-refractivity contribution < 1.29 is 14.1 Å². The Morgan fingerprint density at radius 1 is 1.40 bits per heavy atom. The van der Waals surface area contributed by atoms with Crippen LogP contribution in [0.25, 0.3) is 22.8 Å². The Balaban J connectivity index is 1.52. The Bertz CT molecular complexity index is 1030. The number of aromatic nitrogens is 4. The number of halogens is 1. The van der Waals surface area contributed by atoms with Gasteiger partial charge in [-0.1, -0.05) is 16.8 Å². The van der Waals surface area contributed by atoms with Crippen LogP contribution in [-0.2, 0) is 16.1 Å². The van der Waals surface area contributed by atoms with E-state index in [0.717, 1.165) is 25.0 Å². The van der Waals surface area contributed by atoms with E-state index in [0.29, 0.717) is 28.0 Å². The largest absolute Gasteiger partial charge is 0.383 e. The number of hydrogen-bond acceptors (Lipinski definition) is 8. The lowest BCUT2D eigenvalue weighted by Gasteiger charge is -2.11. The number of benzene rings is 1. The molecule has 1 aliphatic heterocycles. The topological polar surface area (TPSA) is 121 Å². The van der Waals surface area contributed by atoms with Gasteiger partial charge in [-0.15, -0.1) is 11.8 Å². The van der Waals surface area contributed by atoms with E-state index in [1.165, 1.54) is 16.4 Å². The number of rotatable bonds is 7. The molecule has 0 saturated carbocycles. The summed E-state index contributed by atoms with van der Waals surface area (Å²) in [5, 5.41) is 12.6. The lowest BCUT2D eigenvalue weighted by molar-refractivity contribution is -0.122. The number of carbonyl (C=O) groups excluding carboxylic acids is 1. The Morgan fingerprint density at radius 2 is 2.20 bits per heavy atom. The monoisotopic (exact) mass is 448 g/mol. The molecule has 1 atom stereocenters. The molecule has 1 aliphatic rings. The minimum atomic E-state index is -0.189. The average Bonchev–Trinajstić information content (AvgIpc) is 3.48. The van der Waals surface area contributed by atoms with Gasteiger partial charge in [0.15, 0.2) is 0 Å². The normalized spacial score (nSPS) is 16.1. The summed E-state index contributed by atoms with van der Waals surface area (Å²) in [5.41, 5.74) is 7.56. The number of nitrogens with one attached hydrogen (secondary N) is 1. The van der Waals surface area contributed by atoms with Crippen LogP contribution in [0.1, 0.15) is 12.8 Å². The van der Waals surface area contributed by atoms with Crippen LogP contribution in [0.4, 0.5) is 5.82 Å². The highest BCUT2D eigenvalue weighted by Gasteiger charge is 2.24. The zero-order chi connectivity index (χ0) is 21.1. The summed E-state index contributed by atoms with van der Waals surface area (Å²) in [6.45, 7) is 1.22. The number of hydrogen-bond donors (Lipinski definition) is 2. The van der Waals surface area contributed by atoms with Gasteiger partial charge in [0.25, 0.3) is 5.89 Å². The number of nitrogens with two attached hydrogens (primary N) is 1. The maximum atomic E-state index is 12.3. The van der Waals surface area contributed by atoms with Crippen molar-refractivity contribution in [2.75, 3.05) is 25.1 Å². The summed E-state index contributed by atoms with van der Waals surface area (Å²) in [6.07, 6.45) is 3.92. The van der Waals surface area contributed by atoms with E-state index in [2.05, 4.69) is 20.6 Å². The molecule has 11 heteroatoms. The molecule has 3 aromatic rings. The lowest BCUT2D eigenvalue weighted by atomic mass is 10.2. The first-order valence-corrected chi connectivity index (χ1v) is 11.0. The minimum Gasteiger partial charge on any atom is -0.383 e. The molecule has 0 aliphatic carbocycles. The van der Waals surface area contributed by atoms with Crippen LogP contribution < -0.4 is 11.1 Å². The molecule has 158 valence electrons. The minimum absolute atomic E-state index is 0.00963. The van der Waals surface area contributed by atoms with Crippen molar-refractivity contribution in [1.29, 1.82) is 0 Å². The summed E-state index contributed by atoms with van der Waals surface area (Å²) in [6, 6.07) is 7.11. The molecule has 2 aromatic heterocycles. The zero-order valence-electron chi connectivity index (χ0n) is 16.3. The zero-order valence-corrected chi connectivity index (χ0v) is 17.9. The number of nitrogen functional groups attached to an aromatic ring is 1. The summed E-state index contributed by atoms with van der Waals surface area (Å²) >= 11 is 7.31. The van der Waals surface area contributed by atoms with Gasteiger partial charge in [0.2, 0.25) is 11.7 Å². The van der Waals surface area contributed by atoms with Crippen molar-refractivity contribution in [3.63, 3.8) is 0 Å². The highest BCUT2D eigenvalue weighted by molar-refractivity contribution is 7.98. The highest BCUT2D eigenvalue weighted by Crippen LogP contribution is 2.34. The van der Waals surface area contributed by atoms with E-state index in [9.17, 15) is 4.79 Å². The van der Waals surface area contributed by atoms with Gasteiger partial charge in [0, 0.05) is 23.7 Å². The highest BCUT2D eigenvalue weighted by atomic mass is 35.5. The number of anilines is 1. The van der Waals surface area contributed by atoms with Crippen LogP contribution in [0.5, 0.6) is 0 Å². The van der Waals surface area contributed by atoms with Crippen LogP contribution in [0, 0.1) is 0 Å². The maximum Gasteiger partial charge on any atom is 0.264 e. The van der Waals surface area contributed by atoms with Crippen LogP contribution in [0.2, 0.25) is 5.02 Å². The van der Waals surface area contributed by atoms with Gasteiger partial charge in [-0.3, -0.25) is 4.79 Å². The van der Waals surface area contributed by atoms with Crippen molar-refractivity contribution in [1.82, 2.24) is 25.2 Å². The van der Waals surface area contributed by atoms with Crippen molar-refractivity contribution >= 4 is 35.1 Å². The van der Waals surface area contributed by atoms with Crippen molar-refractivity contribution in [3.8, 4) is 22.8 Å². The quantitative estimate of drug-likeness (QED) is 0.529. The van der Waals surface area contributed by atoms with Gasteiger partial charge in [0.1, 0.15) is 23.0 Å². The van der Waals surface area contributed by atoms with E-state index < -0.39 is 0 Å². The fraction of sp³-hybridized carbons (Fsp3) is 0.368. The van der Waals surface area contributed by atoms with E-state index in [1.807, 2.05) is 6.26 Å². The van der Waals surface area contributed by atoms with E-state index in [1.54, 1.807) is 24.3 Å². The molecule has 3 N–H and O–H groups in total. The third kappa shape index (κ3) is 4.45. The number of ether oxygens (including phenoxy) is 1.